The number of hydrogen-bond donors (Lipinski definition) is 2. The van der Waals surface area contributed by atoms with Crippen molar-refractivity contribution in [2.45, 2.75) is 44.7 Å². The molecule has 0 aliphatic rings. The molecular weight excluding hydrogens is 362 g/mol. The Morgan fingerprint density at radius 1 is 1.26 bits per heavy atom. The normalized spacial score (nSPS) is 12.9. The van der Waals surface area contributed by atoms with Crippen LogP contribution in [0.5, 0.6) is 0 Å². The lowest BCUT2D eigenvalue weighted by molar-refractivity contribution is -0.126. The molecule has 3 N–H and O–H groups in total. The minimum atomic E-state index is -0.977. The Kier molecular flexibility index (Phi) is 5.82. The fraction of sp³-hybridized carbons (Fsp3) is 0.333. The number of nitrogens with two attached hydrogens (primary N) is 1. The van der Waals surface area contributed by atoms with Crippen molar-refractivity contribution in [3.05, 3.63) is 64.8 Å². The van der Waals surface area contributed by atoms with Crippen molar-refractivity contribution in [2.75, 3.05) is 0 Å². The lowest BCUT2D eigenvalue weighted by Crippen LogP contribution is -2.50. The first-order chi connectivity index (χ1) is 12.8. The number of carbonyl (C=O) groups excluding carboxylic acids is 1. The van der Waals surface area contributed by atoms with Crippen molar-refractivity contribution >= 4 is 28.5 Å². The highest BCUT2D eigenvalue weighted by molar-refractivity contribution is 6.31. The molecule has 3 aromatic rings. The fourth-order valence-corrected chi connectivity index (χ4v) is 3.13. The van der Waals surface area contributed by atoms with Gasteiger partial charge in [-0.25, -0.2) is 0 Å². The van der Waals surface area contributed by atoms with Gasteiger partial charge in [-0.05, 0) is 56.9 Å². The van der Waals surface area contributed by atoms with Gasteiger partial charge in [-0.1, -0.05) is 47.1 Å². The van der Waals surface area contributed by atoms with Gasteiger partial charge in [-0.15, -0.1) is 0 Å². The first-order valence-electron chi connectivity index (χ1n) is 9.03. The molecule has 3 rings (SSSR count). The summed E-state index contributed by atoms with van der Waals surface area (Å²) in [7, 11) is 0. The van der Waals surface area contributed by atoms with E-state index in [4.69, 9.17) is 21.9 Å². The van der Waals surface area contributed by atoms with E-state index >= 15 is 0 Å². The maximum atomic E-state index is 12.5. The molecule has 1 amide bonds. The van der Waals surface area contributed by atoms with Crippen LogP contribution < -0.4 is 11.1 Å². The third kappa shape index (κ3) is 4.87. The molecule has 0 saturated carbocycles. The summed E-state index contributed by atoms with van der Waals surface area (Å²) in [4.78, 5) is 12.5. The van der Waals surface area contributed by atoms with Crippen LogP contribution >= 0.6 is 11.6 Å². The zero-order valence-electron chi connectivity index (χ0n) is 15.5. The highest BCUT2D eigenvalue weighted by atomic mass is 35.5. The molecule has 1 aromatic heterocycles. The third-order valence-corrected chi connectivity index (χ3v) is 4.72. The standard InChI is InChI=1S/C21H24ClN3O2/c1-21(2,23)20(26)24-17(10-6-9-14-7-4-3-5-8-14)19-16-13-15(22)11-12-18(16)27-25-19/h3-5,7-8,11-13,17H,6,9-10,23H2,1-2H3,(H,24,26). The lowest BCUT2D eigenvalue weighted by Gasteiger charge is -2.23. The summed E-state index contributed by atoms with van der Waals surface area (Å²) in [6.45, 7) is 3.36. The minimum Gasteiger partial charge on any atom is -0.356 e. The van der Waals surface area contributed by atoms with Crippen molar-refractivity contribution < 1.29 is 9.32 Å². The summed E-state index contributed by atoms with van der Waals surface area (Å²) in [6.07, 6.45) is 2.51. The zero-order valence-corrected chi connectivity index (χ0v) is 16.3. The van der Waals surface area contributed by atoms with Crippen molar-refractivity contribution in [2.24, 2.45) is 5.73 Å². The smallest absolute Gasteiger partial charge is 0.240 e. The number of aryl methyl sites for hydroxylation is 1. The number of carbonyl (C=O) groups is 1. The molecule has 142 valence electrons. The number of benzene rings is 2. The van der Waals surface area contributed by atoms with Gasteiger partial charge in [0.15, 0.2) is 5.58 Å². The van der Waals surface area contributed by atoms with Gasteiger partial charge < -0.3 is 15.6 Å². The number of amides is 1. The molecule has 0 aliphatic carbocycles. The molecule has 0 saturated heterocycles. The molecule has 6 heteroatoms. The van der Waals surface area contributed by atoms with Gasteiger partial charge in [0.25, 0.3) is 0 Å². The van der Waals surface area contributed by atoms with E-state index in [-0.39, 0.29) is 11.9 Å². The average Bonchev–Trinajstić information content (AvgIpc) is 3.03. The molecule has 0 spiro atoms. The predicted octanol–water partition coefficient (Wildman–Crippen LogP) is 4.40. The van der Waals surface area contributed by atoms with Gasteiger partial charge in [0.1, 0.15) is 5.69 Å². The number of nitrogens with one attached hydrogen (secondary N) is 1. The van der Waals surface area contributed by atoms with Crippen molar-refractivity contribution in [3.8, 4) is 0 Å². The molecule has 27 heavy (non-hydrogen) atoms. The zero-order chi connectivity index (χ0) is 19.4. The summed E-state index contributed by atoms with van der Waals surface area (Å²) < 4.78 is 5.43. The molecular formula is C21H24ClN3O2. The first-order valence-corrected chi connectivity index (χ1v) is 9.41. The summed E-state index contributed by atoms with van der Waals surface area (Å²) in [5.74, 6) is -0.231. The number of halogens is 1. The molecule has 2 aromatic carbocycles. The van der Waals surface area contributed by atoms with Crippen LogP contribution in [0.1, 0.15) is 44.0 Å². The molecule has 0 fully saturated rings. The number of hydrogen-bond acceptors (Lipinski definition) is 4. The second-order valence-electron chi connectivity index (χ2n) is 7.33. The largest absolute Gasteiger partial charge is 0.356 e. The predicted molar refractivity (Wildman–Crippen MR) is 108 cm³/mol. The van der Waals surface area contributed by atoms with Crippen LogP contribution in [0.2, 0.25) is 5.02 Å². The second-order valence-corrected chi connectivity index (χ2v) is 7.77. The molecule has 0 radical (unpaired) electrons. The number of fused-ring (bicyclic) bond motifs is 1. The van der Waals surface area contributed by atoms with Gasteiger partial charge in [0, 0.05) is 10.4 Å². The monoisotopic (exact) mass is 385 g/mol. The number of aromatic nitrogens is 1. The maximum absolute atomic E-state index is 12.5. The van der Waals surface area contributed by atoms with E-state index < -0.39 is 5.54 Å². The number of nitrogens with zero attached hydrogens (tertiary/aromatic N) is 1. The Bertz CT molecular complexity index is 916. The Balaban J connectivity index is 1.82. The molecule has 0 aliphatic heterocycles. The van der Waals surface area contributed by atoms with E-state index in [2.05, 4.69) is 22.6 Å². The SMILES string of the molecule is CC(C)(N)C(=O)NC(CCCc1ccccc1)c1noc2ccc(Cl)cc12. The highest BCUT2D eigenvalue weighted by Gasteiger charge is 2.27. The first kappa shape index (κ1) is 19.4. The van der Waals surface area contributed by atoms with Gasteiger partial charge in [0.05, 0.1) is 11.6 Å². The molecule has 0 bridgehead atoms. The Morgan fingerprint density at radius 3 is 2.70 bits per heavy atom. The average molecular weight is 386 g/mol. The Hall–Kier alpha value is -2.37. The molecule has 5 nitrogen and oxygen atoms in total. The van der Waals surface area contributed by atoms with Crippen molar-refractivity contribution in [1.82, 2.24) is 10.5 Å². The Labute approximate surface area is 163 Å². The second kappa shape index (κ2) is 8.11. The van der Waals surface area contributed by atoms with Crippen molar-refractivity contribution in [1.29, 1.82) is 0 Å². The van der Waals surface area contributed by atoms with Gasteiger partial charge in [-0.3, -0.25) is 4.79 Å². The van der Waals surface area contributed by atoms with E-state index in [9.17, 15) is 4.79 Å². The van der Waals surface area contributed by atoms with E-state index in [0.717, 1.165) is 18.2 Å². The molecule has 1 atom stereocenters. The van der Waals surface area contributed by atoms with Crippen LogP contribution in [0, 0.1) is 0 Å². The molecule has 1 unspecified atom stereocenters. The van der Waals surface area contributed by atoms with Crippen LogP contribution in [0.15, 0.2) is 53.1 Å². The van der Waals surface area contributed by atoms with E-state index in [1.54, 1.807) is 26.0 Å². The van der Waals surface area contributed by atoms with Crippen LogP contribution in [0.3, 0.4) is 0 Å². The van der Waals surface area contributed by atoms with Gasteiger partial charge >= 0.3 is 0 Å². The minimum absolute atomic E-state index is 0.231. The van der Waals surface area contributed by atoms with Crippen LogP contribution in [-0.4, -0.2) is 16.6 Å². The summed E-state index contributed by atoms with van der Waals surface area (Å²) in [6, 6.07) is 15.3. The van der Waals surface area contributed by atoms with Gasteiger partial charge in [0.2, 0.25) is 5.91 Å². The topological polar surface area (TPSA) is 81.2 Å². The highest BCUT2D eigenvalue weighted by Crippen LogP contribution is 2.29. The van der Waals surface area contributed by atoms with Crippen LogP contribution in [-0.2, 0) is 11.2 Å². The van der Waals surface area contributed by atoms with E-state index in [0.29, 0.717) is 22.7 Å². The van der Waals surface area contributed by atoms with Crippen molar-refractivity contribution in [3.63, 3.8) is 0 Å². The molecule has 1 heterocycles. The summed E-state index contributed by atoms with van der Waals surface area (Å²) in [5.41, 5.74) is 7.56. The van der Waals surface area contributed by atoms with E-state index in [1.165, 1.54) is 5.56 Å². The van der Waals surface area contributed by atoms with Crippen LogP contribution in [0.4, 0.5) is 0 Å². The fourth-order valence-electron chi connectivity index (χ4n) is 2.96. The quantitative estimate of drug-likeness (QED) is 0.631. The van der Waals surface area contributed by atoms with Gasteiger partial charge in [-0.2, -0.15) is 0 Å². The number of rotatable bonds is 7. The van der Waals surface area contributed by atoms with Crippen LogP contribution in [0.25, 0.3) is 11.0 Å². The lowest BCUT2D eigenvalue weighted by atomic mass is 9.99. The summed E-state index contributed by atoms with van der Waals surface area (Å²) >= 11 is 6.14. The maximum Gasteiger partial charge on any atom is 0.240 e. The Morgan fingerprint density at radius 2 is 2.00 bits per heavy atom. The third-order valence-electron chi connectivity index (χ3n) is 4.48. The van der Waals surface area contributed by atoms with E-state index in [1.807, 2.05) is 24.3 Å². The summed E-state index contributed by atoms with van der Waals surface area (Å²) in [5, 5.41) is 8.64.